The van der Waals surface area contributed by atoms with Crippen molar-refractivity contribution < 1.29 is 18.7 Å². The van der Waals surface area contributed by atoms with E-state index in [-0.39, 0.29) is 24.3 Å². The molecule has 0 bridgehead atoms. The van der Waals surface area contributed by atoms with E-state index in [0.29, 0.717) is 28.8 Å². The highest BCUT2D eigenvalue weighted by atomic mass is 35.5. The molecule has 1 aliphatic heterocycles. The normalized spacial score (nSPS) is 16.1. The number of carbonyl (C=O) groups is 2. The molecule has 2 amide bonds. The van der Waals surface area contributed by atoms with E-state index in [9.17, 15) is 9.59 Å². The fourth-order valence-electron chi connectivity index (χ4n) is 3.19. The Bertz CT molecular complexity index is 1050. The number of ether oxygens (including phenoxy) is 1. The Balaban J connectivity index is 1.46. The summed E-state index contributed by atoms with van der Waals surface area (Å²) in [6, 6.07) is 13.8. The van der Waals surface area contributed by atoms with Crippen molar-refractivity contribution in [2.45, 2.75) is 12.3 Å². The van der Waals surface area contributed by atoms with Gasteiger partial charge < -0.3 is 14.1 Å². The van der Waals surface area contributed by atoms with E-state index in [1.165, 1.54) is 7.11 Å². The molecule has 148 valence electrons. The lowest BCUT2D eigenvalue weighted by Crippen LogP contribution is -2.24. The number of nitrogens with one attached hydrogen (secondary N) is 1. The van der Waals surface area contributed by atoms with Crippen LogP contribution < -0.4 is 15.0 Å². The van der Waals surface area contributed by atoms with Crippen molar-refractivity contribution in [1.29, 1.82) is 0 Å². The molecule has 3 aromatic rings. The first-order valence-corrected chi connectivity index (χ1v) is 9.26. The van der Waals surface area contributed by atoms with Crippen LogP contribution in [0, 0.1) is 0 Å². The lowest BCUT2D eigenvalue weighted by molar-refractivity contribution is -0.117. The molecule has 1 aliphatic rings. The van der Waals surface area contributed by atoms with E-state index in [2.05, 4.69) is 15.5 Å². The van der Waals surface area contributed by atoms with Gasteiger partial charge in [-0.15, -0.1) is 5.10 Å². The Labute approximate surface area is 171 Å². The van der Waals surface area contributed by atoms with Gasteiger partial charge in [0, 0.05) is 23.7 Å². The second-order valence-corrected chi connectivity index (χ2v) is 6.92. The van der Waals surface area contributed by atoms with Gasteiger partial charge in [-0.25, -0.2) is 0 Å². The van der Waals surface area contributed by atoms with Crippen molar-refractivity contribution in [3.8, 4) is 5.75 Å². The molecule has 4 rings (SSSR count). The minimum atomic E-state index is -0.428. The van der Waals surface area contributed by atoms with Gasteiger partial charge >= 0.3 is 6.01 Å². The van der Waals surface area contributed by atoms with Gasteiger partial charge in [-0.2, -0.15) is 0 Å². The third-order valence-electron chi connectivity index (χ3n) is 4.63. The number of rotatable bonds is 5. The summed E-state index contributed by atoms with van der Waals surface area (Å²) in [5.74, 6) is -0.00413. The molecule has 29 heavy (non-hydrogen) atoms. The molecule has 1 saturated heterocycles. The van der Waals surface area contributed by atoms with E-state index >= 15 is 0 Å². The van der Waals surface area contributed by atoms with Gasteiger partial charge in [-0.3, -0.25) is 14.9 Å². The van der Waals surface area contributed by atoms with Gasteiger partial charge in [0.05, 0.1) is 18.6 Å². The number of carbonyl (C=O) groups excluding carboxylic acids is 2. The smallest absolute Gasteiger partial charge is 0.322 e. The second kappa shape index (κ2) is 7.92. The van der Waals surface area contributed by atoms with Crippen molar-refractivity contribution >= 4 is 35.1 Å². The van der Waals surface area contributed by atoms with Crippen molar-refractivity contribution in [1.82, 2.24) is 10.2 Å². The molecule has 2 aromatic carbocycles. The Morgan fingerprint density at radius 3 is 2.72 bits per heavy atom. The monoisotopic (exact) mass is 412 g/mol. The average molecular weight is 413 g/mol. The van der Waals surface area contributed by atoms with Gasteiger partial charge in [-0.1, -0.05) is 28.8 Å². The largest absolute Gasteiger partial charge is 0.496 e. The summed E-state index contributed by atoms with van der Waals surface area (Å²) in [6.45, 7) is 0.405. The quantitative estimate of drug-likeness (QED) is 0.688. The molecule has 0 aliphatic carbocycles. The van der Waals surface area contributed by atoms with Crippen molar-refractivity contribution in [2.75, 3.05) is 23.9 Å². The zero-order valence-electron chi connectivity index (χ0n) is 15.5. The number of benzene rings is 2. The van der Waals surface area contributed by atoms with Gasteiger partial charge in [-0.05, 0) is 36.4 Å². The van der Waals surface area contributed by atoms with E-state index in [1.54, 1.807) is 53.4 Å². The minimum Gasteiger partial charge on any atom is -0.496 e. The highest BCUT2D eigenvalue weighted by Gasteiger charge is 2.35. The molecule has 0 radical (unpaired) electrons. The summed E-state index contributed by atoms with van der Waals surface area (Å²) >= 11 is 5.91. The topological polar surface area (TPSA) is 97.6 Å². The molecule has 1 fully saturated rings. The summed E-state index contributed by atoms with van der Waals surface area (Å²) in [6.07, 6.45) is 0.241. The van der Waals surface area contributed by atoms with Crippen LogP contribution in [-0.2, 0) is 4.79 Å². The number of hydrogen-bond donors (Lipinski definition) is 1. The van der Waals surface area contributed by atoms with Crippen LogP contribution in [0.25, 0.3) is 0 Å². The van der Waals surface area contributed by atoms with Crippen molar-refractivity contribution in [3.05, 3.63) is 65.0 Å². The highest BCUT2D eigenvalue weighted by Crippen LogP contribution is 2.32. The average Bonchev–Trinajstić information content (AvgIpc) is 3.35. The number of halogens is 1. The third kappa shape index (κ3) is 3.93. The molecule has 9 heteroatoms. The molecule has 1 aromatic heterocycles. The fourth-order valence-corrected chi connectivity index (χ4v) is 3.32. The number of amides is 2. The van der Waals surface area contributed by atoms with E-state index in [1.807, 2.05) is 0 Å². The molecular formula is C20H17ClN4O4. The van der Waals surface area contributed by atoms with Crippen LogP contribution in [0.1, 0.15) is 28.6 Å². The Morgan fingerprint density at radius 2 is 1.97 bits per heavy atom. The predicted octanol–water partition coefficient (Wildman–Crippen LogP) is 3.50. The molecule has 8 nitrogen and oxygen atoms in total. The van der Waals surface area contributed by atoms with Gasteiger partial charge in [0.15, 0.2) is 0 Å². The predicted molar refractivity (Wildman–Crippen MR) is 106 cm³/mol. The third-order valence-corrected chi connectivity index (χ3v) is 4.88. The Kier molecular flexibility index (Phi) is 5.18. The second-order valence-electron chi connectivity index (χ2n) is 6.48. The number of nitrogens with zero attached hydrogens (tertiary/aromatic N) is 3. The first-order chi connectivity index (χ1) is 14.0. The maximum Gasteiger partial charge on any atom is 0.322 e. The summed E-state index contributed by atoms with van der Waals surface area (Å²) in [7, 11) is 1.49. The molecule has 1 atom stereocenters. The number of hydrogen-bond acceptors (Lipinski definition) is 6. The maximum atomic E-state index is 12.4. The summed E-state index contributed by atoms with van der Waals surface area (Å²) in [5.41, 5.74) is 1.10. The summed E-state index contributed by atoms with van der Waals surface area (Å²) in [5, 5.41) is 11.0. The van der Waals surface area contributed by atoms with Crippen LogP contribution in [0.5, 0.6) is 5.75 Å². The standard InChI is InChI=1S/C20H17ClN4O4/c1-28-16-5-3-2-4-15(16)18(27)22-20-24-23-19(29-20)12-10-17(26)25(11-12)14-8-6-13(21)7-9-14/h2-9,12H,10-11H2,1H3,(H,22,24,27). The molecule has 1 unspecified atom stereocenters. The van der Waals surface area contributed by atoms with E-state index in [4.69, 9.17) is 20.8 Å². The van der Waals surface area contributed by atoms with Crippen LogP contribution in [0.2, 0.25) is 5.02 Å². The molecule has 0 saturated carbocycles. The van der Waals surface area contributed by atoms with Crippen LogP contribution in [0.4, 0.5) is 11.7 Å². The van der Waals surface area contributed by atoms with Crippen molar-refractivity contribution in [2.24, 2.45) is 0 Å². The SMILES string of the molecule is COc1ccccc1C(=O)Nc1nnc(C2CC(=O)N(c3ccc(Cl)cc3)C2)o1. The van der Waals surface area contributed by atoms with Crippen LogP contribution in [-0.4, -0.2) is 35.7 Å². The Morgan fingerprint density at radius 1 is 1.21 bits per heavy atom. The van der Waals surface area contributed by atoms with Crippen LogP contribution in [0.15, 0.2) is 52.9 Å². The van der Waals surface area contributed by atoms with Gasteiger partial charge in [0.1, 0.15) is 5.75 Å². The lowest BCUT2D eigenvalue weighted by atomic mass is 10.1. The Hall–Kier alpha value is -3.39. The van der Waals surface area contributed by atoms with E-state index in [0.717, 1.165) is 5.69 Å². The maximum absolute atomic E-state index is 12.4. The molecule has 0 spiro atoms. The van der Waals surface area contributed by atoms with Crippen LogP contribution >= 0.6 is 11.6 Å². The van der Waals surface area contributed by atoms with Crippen LogP contribution in [0.3, 0.4) is 0 Å². The van der Waals surface area contributed by atoms with Crippen molar-refractivity contribution in [3.63, 3.8) is 0 Å². The zero-order valence-corrected chi connectivity index (χ0v) is 16.2. The number of para-hydroxylation sites is 1. The molecule has 2 heterocycles. The fraction of sp³-hybridized carbons (Fsp3) is 0.200. The molecular weight excluding hydrogens is 396 g/mol. The van der Waals surface area contributed by atoms with Gasteiger partial charge in [0.2, 0.25) is 11.8 Å². The first kappa shape index (κ1) is 18.9. The highest BCUT2D eigenvalue weighted by molar-refractivity contribution is 6.30. The number of methoxy groups -OCH3 is 1. The number of anilines is 2. The van der Waals surface area contributed by atoms with E-state index < -0.39 is 5.91 Å². The zero-order chi connectivity index (χ0) is 20.4. The first-order valence-electron chi connectivity index (χ1n) is 8.89. The van der Waals surface area contributed by atoms with Gasteiger partial charge in [0.25, 0.3) is 5.91 Å². The molecule has 1 N–H and O–H groups in total. The summed E-state index contributed by atoms with van der Waals surface area (Å²) in [4.78, 5) is 26.5. The summed E-state index contributed by atoms with van der Waals surface area (Å²) < 4.78 is 10.8. The lowest BCUT2D eigenvalue weighted by Gasteiger charge is -2.16. The minimum absolute atomic E-state index is 0.0340. The number of aromatic nitrogens is 2.